The van der Waals surface area contributed by atoms with Crippen LogP contribution < -0.4 is 4.87 Å². The summed E-state index contributed by atoms with van der Waals surface area (Å²) in [5.41, 5.74) is 3.79. The van der Waals surface area contributed by atoms with E-state index in [0.29, 0.717) is 11.3 Å². The topological polar surface area (TPSA) is 53.1 Å². The summed E-state index contributed by atoms with van der Waals surface area (Å²) in [6.07, 6.45) is 3.86. The average molecular weight is 325 g/mol. The predicted octanol–water partition coefficient (Wildman–Crippen LogP) is 3.91. The van der Waals surface area contributed by atoms with Crippen molar-refractivity contribution in [2.45, 2.75) is 25.7 Å². The molecule has 0 bridgehead atoms. The number of rotatable bonds is 6. The van der Waals surface area contributed by atoms with Gasteiger partial charge in [0.15, 0.2) is 0 Å². The maximum absolute atomic E-state index is 11.2. The first-order chi connectivity index (χ1) is 11.2. The fourth-order valence-corrected chi connectivity index (χ4v) is 3.38. The van der Waals surface area contributed by atoms with Crippen LogP contribution in [0.3, 0.4) is 0 Å². The summed E-state index contributed by atoms with van der Waals surface area (Å²) >= 11 is 1.06. The summed E-state index contributed by atoms with van der Waals surface area (Å²) in [6, 6.07) is 18.9. The molecule has 2 N–H and O–H groups in total. The van der Waals surface area contributed by atoms with Crippen molar-refractivity contribution in [2.75, 3.05) is 0 Å². The lowest BCUT2D eigenvalue weighted by Gasteiger charge is -2.04. The van der Waals surface area contributed by atoms with Gasteiger partial charge in [0.05, 0.1) is 4.88 Å². The summed E-state index contributed by atoms with van der Waals surface area (Å²) in [7, 11) is 0. The van der Waals surface area contributed by atoms with Crippen molar-refractivity contribution in [2.24, 2.45) is 0 Å². The Hall–Kier alpha value is -2.33. The van der Waals surface area contributed by atoms with E-state index in [0.717, 1.165) is 36.2 Å². The van der Waals surface area contributed by atoms with Gasteiger partial charge in [-0.2, -0.15) is 0 Å². The van der Waals surface area contributed by atoms with Gasteiger partial charge in [0, 0.05) is 6.42 Å². The van der Waals surface area contributed by atoms with Crippen LogP contribution >= 0.6 is 11.3 Å². The Morgan fingerprint density at radius 2 is 1.48 bits per heavy atom. The Labute approximate surface area is 139 Å². The molecule has 0 radical (unpaired) electrons. The molecule has 0 aliphatic heterocycles. The number of hydrogen-bond donors (Lipinski definition) is 2. The molecule has 0 atom stereocenters. The molecule has 0 amide bonds. The maximum Gasteiger partial charge on any atom is 0.307 e. The number of aromatic amines is 1. The molecule has 0 fully saturated rings. The molecule has 4 heteroatoms. The number of thiazole rings is 1. The van der Waals surface area contributed by atoms with Crippen LogP contribution in [0.5, 0.6) is 5.88 Å². The molecule has 1 aromatic heterocycles. The molecule has 3 aromatic rings. The van der Waals surface area contributed by atoms with Gasteiger partial charge >= 0.3 is 4.87 Å². The molecule has 0 unspecified atom stereocenters. The van der Waals surface area contributed by atoms with Crippen LogP contribution in [0.4, 0.5) is 0 Å². The molecule has 0 saturated heterocycles. The summed E-state index contributed by atoms with van der Waals surface area (Å²) in [6.45, 7) is 0. The van der Waals surface area contributed by atoms with Crippen LogP contribution in [-0.2, 0) is 19.3 Å². The summed E-state index contributed by atoms with van der Waals surface area (Å²) in [5.74, 6) is -0.00747. The molecule has 2 aromatic carbocycles. The molecule has 0 saturated carbocycles. The van der Waals surface area contributed by atoms with Crippen molar-refractivity contribution in [1.29, 1.82) is 0 Å². The Kier molecular flexibility index (Phi) is 4.93. The van der Waals surface area contributed by atoms with E-state index in [2.05, 4.69) is 53.5 Å². The van der Waals surface area contributed by atoms with E-state index >= 15 is 0 Å². The lowest BCUT2D eigenvalue weighted by atomic mass is 10.0. The van der Waals surface area contributed by atoms with Gasteiger partial charge in [-0.25, -0.2) is 0 Å². The van der Waals surface area contributed by atoms with Crippen molar-refractivity contribution >= 4 is 11.3 Å². The first-order valence-corrected chi connectivity index (χ1v) is 8.55. The van der Waals surface area contributed by atoms with Gasteiger partial charge in [-0.15, -0.1) is 0 Å². The Balaban J connectivity index is 1.55. The number of H-pyrrole nitrogens is 1. The van der Waals surface area contributed by atoms with E-state index < -0.39 is 0 Å². The zero-order valence-corrected chi connectivity index (χ0v) is 13.6. The third-order valence-electron chi connectivity index (χ3n) is 3.86. The second kappa shape index (κ2) is 7.29. The largest absolute Gasteiger partial charge is 0.494 e. The summed E-state index contributed by atoms with van der Waals surface area (Å²) in [5, 5.41) is 9.63. The van der Waals surface area contributed by atoms with Crippen LogP contribution in [-0.4, -0.2) is 10.1 Å². The monoisotopic (exact) mass is 325 g/mol. The lowest BCUT2D eigenvalue weighted by Crippen LogP contribution is -1.91. The highest BCUT2D eigenvalue weighted by molar-refractivity contribution is 7.09. The molecule has 0 aliphatic rings. The van der Waals surface area contributed by atoms with Gasteiger partial charge in [0.1, 0.15) is 0 Å². The molecule has 23 heavy (non-hydrogen) atoms. The van der Waals surface area contributed by atoms with E-state index in [9.17, 15) is 9.90 Å². The first kappa shape index (κ1) is 15.6. The normalized spacial score (nSPS) is 10.8. The van der Waals surface area contributed by atoms with Crippen LogP contribution in [0, 0.1) is 0 Å². The van der Waals surface area contributed by atoms with Crippen LogP contribution in [0.2, 0.25) is 0 Å². The maximum atomic E-state index is 11.2. The number of benzene rings is 2. The van der Waals surface area contributed by atoms with Crippen molar-refractivity contribution < 1.29 is 5.11 Å². The molecule has 3 nitrogen and oxygen atoms in total. The smallest absolute Gasteiger partial charge is 0.307 e. The zero-order chi connectivity index (χ0) is 16.1. The number of hydrogen-bond acceptors (Lipinski definition) is 3. The standard InChI is InChI=1S/C19H19NO2S/c21-18-17(23-19(22)20-18)13-16-11-9-15(10-12-16)8-4-7-14-5-2-1-3-6-14/h1-3,5-6,9-12,21H,4,7-8,13H2,(H,20,22). The highest BCUT2D eigenvalue weighted by Crippen LogP contribution is 2.20. The van der Waals surface area contributed by atoms with E-state index in [1.54, 1.807) is 0 Å². The highest BCUT2D eigenvalue weighted by atomic mass is 32.1. The van der Waals surface area contributed by atoms with Crippen molar-refractivity contribution in [1.82, 2.24) is 4.98 Å². The van der Waals surface area contributed by atoms with Crippen molar-refractivity contribution in [3.63, 3.8) is 0 Å². The predicted molar refractivity (Wildman–Crippen MR) is 94.3 cm³/mol. The Morgan fingerprint density at radius 1 is 0.870 bits per heavy atom. The third kappa shape index (κ3) is 4.33. The SMILES string of the molecule is O=c1[nH]c(O)c(Cc2ccc(CCCc3ccccc3)cc2)s1. The molecule has 0 aliphatic carbocycles. The minimum Gasteiger partial charge on any atom is -0.494 e. The summed E-state index contributed by atoms with van der Waals surface area (Å²) < 4.78 is 0. The summed E-state index contributed by atoms with van der Waals surface area (Å²) in [4.78, 5) is 14.1. The second-order valence-corrected chi connectivity index (χ2v) is 6.69. The Morgan fingerprint density at radius 3 is 2.09 bits per heavy atom. The van der Waals surface area contributed by atoms with Gasteiger partial charge in [0.2, 0.25) is 5.88 Å². The van der Waals surface area contributed by atoms with E-state index in [4.69, 9.17) is 0 Å². The van der Waals surface area contributed by atoms with Crippen LogP contribution in [0.1, 0.15) is 28.0 Å². The van der Waals surface area contributed by atoms with Gasteiger partial charge in [0.25, 0.3) is 0 Å². The zero-order valence-electron chi connectivity index (χ0n) is 12.8. The lowest BCUT2D eigenvalue weighted by molar-refractivity contribution is 0.451. The van der Waals surface area contributed by atoms with Gasteiger partial charge < -0.3 is 5.11 Å². The van der Waals surface area contributed by atoms with Crippen molar-refractivity contribution in [3.05, 3.63) is 85.8 Å². The fraction of sp³-hybridized carbons (Fsp3) is 0.211. The molecule has 3 rings (SSSR count). The average Bonchev–Trinajstić information content (AvgIpc) is 2.88. The van der Waals surface area contributed by atoms with Gasteiger partial charge in [-0.1, -0.05) is 65.9 Å². The van der Waals surface area contributed by atoms with Crippen LogP contribution in [0.25, 0.3) is 0 Å². The number of nitrogens with one attached hydrogen (secondary N) is 1. The van der Waals surface area contributed by atoms with E-state index in [-0.39, 0.29) is 10.8 Å². The second-order valence-electron chi connectivity index (χ2n) is 5.62. The van der Waals surface area contributed by atoms with E-state index in [1.807, 2.05) is 6.07 Å². The van der Waals surface area contributed by atoms with Crippen LogP contribution in [0.15, 0.2) is 59.4 Å². The van der Waals surface area contributed by atoms with Gasteiger partial charge in [-0.05, 0) is 36.0 Å². The minimum absolute atomic E-state index is 0.00747. The first-order valence-electron chi connectivity index (χ1n) is 7.73. The molecule has 118 valence electrons. The van der Waals surface area contributed by atoms with E-state index in [1.165, 1.54) is 11.1 Å². The number of aromatic nitrogens is 1. The molecular weight excluding hydrogens is 306 g/mol. The number of aromatic hydroxyl groups is 1. The third-order valence-corrected chi connectivity index (χ3v) is 4.73. The Bertz CT molecular complexity index is 803. The molecular formula is C19H19NO2S. The van der Waals surface area contributed by atoms with Crippen molar-refractivity contribution in [3.8, 4) is 5.88 Å². The van der Waals surface area contributed by atoms with Gasteiger partial charge in [-0.3, -0.25) is 9.78 Å². The fourth-order valence-electron chi connectivity index (χ4n) is 2.62. The number of aryl methyl sites for hydroxylation is 2. The molecule has 0 spiro atoms. The molecule has 1 heterocycles. The minimum atomic E-state index is -0.213. The highest BCUT2D eigenvalue weighted by Gasteiger charge is 2.07. The quantitative estimate of drug-likeness (QED) is 0.722.